The standard InChI is InChI=1S/C20H15ClN2/c1-12-7-13(2)9-15(8-12)20-19-17-5-4-16(21)10-14(17)3-6-18(19)22-11-23-20/h3-11H,1-2H3/i1D3,2D3. The molecule has 0 bridgehead atoms. The summed E-state index contributed by atoms with van der Waals surface area (Å²) < 4.78 is 46.5. The van der Waals surface area contributed by atoms with E-state index in [1.54, 1.807) is 6.07 Å². The van der Waals surface area contributed by atoms with E-state index in [0.717, 1.165) is 10.8 Å². The number of hydrogen-bond donors (Lipinski definition) is 0. The maximum absolute atomic E-state index is 7.75. The molecule has 0 radical (unpaired) electrons. The van der Waals surface area contributed by atoms with Crippen LogP contribution < -0.4 is 0 Å². The second kappa shape index (κ2) is 5.32. The first-order chi connectivity index (χ1) is 13.5. The molecule has 0 amide bonds. The molecule has 0 saturated heterocycles. The van der Waals surface area contributed by atoms with Gasteiger partial charge in [-0.25, -0.2) is 9.97 Å². The molecule has 0 atom stereocenters. The minimum absolute atomic E-state index is 0.0452. The Bertz CT molecular complexity index is 1220. The number of nitrogens with zero attached hydrogens (tertiary/aromatic N) is 2. The number of benzene rings is 3. The first-order valence-electron chi connectivity index (χ1n) is 10.0. The third-order valence-electron chi connectivity index (χ3n) is 3.79. The van der Waals surface area contributed by atoms with Crippen molar-refractivity contribution in [3.05, 3.63) is 71.0 Å². The van der Waals surface area contributed by atoms with Gasteiger partial charge in [0.05, 0.1) is 11.2 Å². The van der Waals surface area contributed by atoms with Crippen molar-refractivity contribution in [2.75, 3.05) is 0 Å². The quantitative estimate of drug-likeness (QED) is 0.418. The van der Waals surface area contributed by atoms with Gasteiger partial charge >= 0.3 is 0 Å². The van der Waals surface area contributed by atoms with Crippen LogP contribution in [0.3, 0.4) is 0 Å². The minimum Gasteiger partial charge on any atom is -0.236 e. The highest BCUT2D eigenvalue weighted by Crippen LogP contribution is 2.33. The zero-order valence-corrected chi connectivity index (χ0v) is 12.7. The summed E-state index contributed by atoms with van der Waals surface area (Å²) in [5, 5.41) is 3.02. The summed E-state index contributed by atoms with van der Waals surface area (Å²) in [5.74, 6) is 0. The van der Waals surface area contributed by atoms with Gasteiger partial charge in [0.2, 0.25) is 0 Å². The number of rotatable bonds is 1. The van der Waals surface area contributed by atoms with Crippen LogP contribution in [-0.4, -0.2) is 9.97 Å². The Labute approximate surface area is 148 Å². The van der Waals surface area contributed by atoms with Gasteiger partial charge in [0.15, 0.2) is 0 Å². The third-order valence-corrected chi connectivity index (χ3v) is 4.02. The smallest absolute Gasteiger partial charge is 0.116 e. The molecule has 1 aromatic heterocycles. The van der Waals surface area contributed by atoms with Crippen molar-refractivity contribution in [1.82, 2.24) is 9.97 Å². The lowest BCUT2D eigenvalue weighted by atomic mass is 9.98. The van der Waals surface area contributed by atoms with Crippen LogP contribution in [0, 0.1) is 13.7 Å². The molecule has 23 heavy (non-hydrogen) atoms. The number of fused-ring (bicyclic) bond motifs is 3. The molecule has 3 heteroatoms. The van der Waals surface area contributed by atoms with Crippen LogP contribution in [0.2, 0.25) is 5.02 Å². The average molecular weight is 325 g/mol. The molecule has 0 unspecified atom stereocenters. The second-order valence-corrected chi connectivity index (χ2v) is 5.78. The van der Waals surface area contributed by atoms with Crippen molar-refractivity contribution in [2.24, 2.45) is 0 Å². The van der Waals surface area contributed by atoms with Crippen molar-refractivity contribution in [3.63, 3.8) is 0 Å². The summed E-state index contributed by atoms with van der Waals surface area (Å²) in [7, 11) is 0. The first kappa shape index (κ1) is 8.99. The van der Waals surface area contributed by atoms with Gasteiger partial charge in [-0.15, -0.1) is 0 Å². The topological polar surface area (TPSA) is 25.8 Å². The molecule has 0 saturated carbocycles. The van der Waals surface area contributed by atoms with Crippen molar-refractivity contribution < 1.29 is 8.22 Å². The Morgan fingerprint density at radius 3 is 2.52 bits per heavy atom. The van der Waals surface area contributed by atoms with Gasteiger partial charge in [-0.1, -0.05) is 40.9 Å². The number of hydrogen-bond acceptors (Lipinski definition) is 2. The lowest BCUT2D eigenvalue weighted by Gasteiger charge is -2.10. The van der Waals surface area contributed by atoms with E-state index >= 15 is 0 Å². The highest BCUT2D eigenvalue weighted by atomic mass is 35.5. The normalized spacial score (nSPS) is 16.2. The highest BCUT2D eigenvalue weighted by Gasteiger charge is 2.11. The van der Waals surface area contributed by atoms with E-state index in [0.29, 0.717) is 27.2 Å². The zero-order valence-electron chi connectivity index (χ0n) is 18.0. The predicted molar refractivity (Wildman–Crippen MR) is 97.0 cm³/mol. The molecule has 0 N–H and O–H groups in total. The second-order valence-electron chi connectivity index (χ2n) is 5.35. The van der Waals surface area contributed by atoms with Crippen LogP contribution in [0.5, 0.6) is 0 Å². The van der Waals surface area contributed by atoms with E-state index in [-0.39, 0.29) is 11.1 Å². The third kappa shape index (κ3) is 2.45. The maximum atomic E-state index is 7.75. The van der Waals surface area contributed by atoms with Gasteiger partial charge in [0.1, 0.15) is 6.33 Å². The minimum atomic E-state index is -2.45. The van der Waals surface area contributed by atoms with Gasteiger partial charge in [-0.05, 0) is 54.8 Å². The molecule has 4 rings (SSSR count). The van der Waals surface area contributed by atoms with E-state index in [1.807, 2.05) is 24.3 Å². The Hall–Kier alpha value is -2.45. The largest absolute Gasteiger partial charge is 0.236 e. The Balaban J connectivity index is 2.09. The number of aromatic nitrogens is 2. The van der Waals surface area contributed by atoms with Crippen molar-refractivity contribution in [3.8, 4) is 11.3 Å². The molecule has 112 valence electrons. The molecule has 4 aromatic rings. The van der Waals surface area contributed by atoms with Gasteiger partial charge < -0.3 is 0 Å². The number of aryl methyl sites for hydroxylation is 2. The molecule has 0 fully saturated rings. The van der Waals surface area contributed by atoms with Crippen molar-refractivity contribution >= 4 is 33.3 Å². The molecular weight excluding hydrogens is 304 g/mol. The summed E-state index contributed by atoms with van der Waals surface area (Å²) >= 11 is 6.11. The first-order valence-corrected chi connectivity index (χ1v) is 7.41. The lowest BCUT2D eigenvalue weighted by molar-refractivity contribution is 1.22. The Morgan fingerprint density at radius 1 is 0.913 bits per heavy atom. The SMILES string of the molecule is [2H]C([2H])([2H])c1cc(-c2ncnc3ccc4cc(Cl)ccc4c23)cc(C([2H])([2H])[2H])c1. The number of halogens is 1. The van der Waals surface area contributed by atoms with Crippen LogP contribution >= 0.6 is 11.6 Å². The monoisotopic (exact) mass is 324 g/mol. The average Bonchev–Trinajstić information content (AvgIpc) is 2.65. The Kier molecular flexibility index (Phi) is 2.08. The van der Waals surface area contributed by atoms with E-state index in [1.165, 1.54) is 24.5 Å². The van der Waals surface area contributed by atoms with E-state index < -0.39 is 13.7 Å². The zero-order chi connectivity index (χ0) is 21.0. The summed E-state index contributed by atoms with van der Waals surface area (Å²) in [6.45, 7) is -4.90. The molecule has 3 aromatic carbocycles. The van der Waals surface area contributed by atoms with Crippen molar-refractivity contribution in [2.45, 2.75) is 13.7 Å². The lowest BCUT2D eigenvalue weighted by Crippen LogP contribution is -1.92. The highest BCUT2D eigenvalue weighted by molar-refractivity contribution is 6.31. The molecule has 2 nitrogen and oxygen atoms in total. The van der Waals surface area contributed by atoms with E-state index in [2.05, 4.69) is 9.97 Å². The summed E-state index contributed by atoms with van der Waals surface area (Å²) in [6, 6.07) is 13.3. The molecule has 0 aliphatic heterocycles. The van der Waals surface area contributed by atoms with Crippen LogP contribution in [0.1, 0.15) is 19.4 Å². The van der Waals surface area contributed by atoms with Crippen LogP contribution in [0.15, 0.2) is 54.9 Å². The van der Waals surface area contributed by atoms with Gasteiger partial charge in [-0.3, -0.25) is 0 Å². The van der Waals surface area contributed by atoms with Gasteiger partial charge in [-0.2, -0.15) is 0 Å². The van der Waals surface area contributed by atoms with E-state index in [9.17, 15) is 0 Å². The van der Waals surface area contributed by atoms with Gasteiger partial charge in [0.25, 0.3) is 0 Å². The predicted octanol–water partition coefficient (Wildman–Crippen LogP) is 5.72. The van der Waals surface area contributed by atoms with Crippen molar-refractivity contribution in [1.29, 1.82) is 0 Å². The van der Waals surface area contributed by atoms with Crippen LogP contribution in [-0.2, 0) is 0 Å². The Morgan fingerprint density at radius 2 is 1.74 bits per heavy atom. The fraction of sp³-hybridized carbons (Fsp3) is 0.100. The van der Waals surface area contributed by atoms with Crippen LogP contribution in [0.25, 0.3) is 32.9 Å². The maximum Gasteiger partial charge on any atom is 0.116 e. The molecule has 0 aliphatic carbocycles. The fourth-order valence-electron chi connectivity index (χ4n) is 2.84. The summed E-state index contributed by atoms with van der Waals surface area (Å²) in [4.78, 5) is 8.70. The molecule has 1 heterocycles. The molecule has 0 aliphatic rings. The fourth-order valence-corrected chi connectivity index (χ4v) is 3.02. The van der Waals surface area contributed by atoms with Gasteiger partial charge in [0, 0.05) is 24.2 Å². The van der Waals surface area contributed by atoms with Crippen LogP contribution in [0.4, 0.5) is 0 Å². The molecule has 0 spiro atoms. The summed E-state index contributed by atoms with van der Waals surface area (Å²) in [6.07, 6.45) is 1.39. The van der Waals surface area contributed by atoms with E-state index in [4.69, 9.17) is 19.8 Å². The molecular formula is C20H15ClN2. The summed E-state index contributed by atoms with van der Waals surface area (Å²) in [5.41, 5.74) is 1.46.